The van der Waals surface area contributed by atoms with Gasteiger partial charge in [-0.15, -0.1) is 0 Å². The van der Waals surface area contributed by atoms with Crippen LogP contribution in [0, 0.1) is 23.7 Å². The summed E-state index contributed by atoms with van der Waals surface area (Å²) in [4.78, 5) is 0. The van der Waals surface area contributed by atoms with Crippen LogP contribution in [0.1, 0.15) is 38.5 Å². The summed E-state index contributed by atoms with van der Waals surface area (Å²) in [7, 11) is 0. The molecular weight excluding hydrogens is 258 g/mol. The molecule has 21 heavy (non-hydrogen) atoms. The van der Waals surface area contributed by atoms with Gasteiger partial charge in [-0.05, 0) is 74.3 Å². The molecule has 6 atom stereocenters. The largest absolute Gasteiger partial charge is 0.238 e. The summed E-state index contributed by atoms with van der Waals surface area (Å²) in [5, 5.41) is 12.2. The molecule has 3 nitrogen and oxygen atoms in total. The van der Waals surface area contributed by atoms with E-state index in [0.29, 0.717) is 0 Å². The first-order valence-corrected chi connectivity index (χ1v) is 8.65. The van der Waals surface area contributed by atoms with Crippen molar-refractivity contribution in [3.05, 3.63) is 30.3 Å². The van der Waals surface area contributed by atoms with Crippen LogP contribution in [0.25, 0.3) is 0 Å². The summed E-state index contributed by atoms with van der Waals surface area (Å²) in [6.07, 6.45) is 8.44. The normalized spacial score (nSPS) is 51.7. The molecule has 4 bridgehead atoms. The lowest BCUT2D eigenvalue weighted by molar-refractivity contribution is 0.0899. The summed E-state index contributed by atoms with van der Waals surface area (Å²) < 4.78 is 0. The molecule has 4 fully saturated rings. The summed E-state index contributed by atoms with van der Waals surface area (Å²) in [5.41, 5.74) is 1.71. The quantitative estimate of drug-likeness (QED) is 0.756. The zero-order valence-corrected chi connectivity index (χ0v) is 12.3. The Morgan fingerprint density at radius 2 is 1.48 bits per heavy atom. The molecule has 0 saturated heterocycles. The predicted molar refractivity (Wildman–Crippen MR) is 80.9 cm³/mol. The highest BCUT2D eigenvalue weighted by atomic mass is 15.7. The molecule has 1 aromatic rings. The van der Waals surface area contributed by atoms with Gasteiger partial charge in [0.15, 0.2) is 0 Å². The van der Waals surface area contributed by atoms with E-state index in [9.17, 15) is 0 Å². The van der Waals surface area contributed by atoms with Crippen molar-refractivity contribution in [1.82, 2.24) is 0 Å². The average Bonchev–Trinajstić information content (AvgIpc) is 3.28. The molecule has 0 amide bonds. The maximum absolute atomic E-state index is 5.06. The highest BCUT2D eigenvalue weighted by molar-refractivity contribution is 5.55. The molecule has 2 unspecified atom stereocenters. The van der Waals surface area contributed by atoms with Gasteiger partial charge in [0.05, 0.1) is 11.2 Å². The molecule has 4 aliphatic carbocycles. The van der Waals surface area contributed by atoms with Gasteiger partial charge in [-0.1, -0.05) is 23.4 Å². The summed E-state index contributed by atoms with van der Waals surface area (Å²) in [6.45, 7) is 0. The first-order chi connectivity index (χ1) is 10.4. The topological polar surface area (TPSA) is 28.0 Å². The lowest BCUT2D eigenvalue weighted by atomic mass is 9.60. The van der Waals surface area contributed by atoms with Crippen LogP contribution in [-0.2, 0) is 0 Å². The third kappa shape index (κ3) is 0.949. The maximum atomic E-state index is 5.06. The number of rotatable bonds is 1. The van der Waals surface area contributed by atoms with Crippen molar-refractivity contribution in [2.45, 2.75) is 49.6 Å². The molecule has 1 aromatic carbocycles. The van der Waals surface area contributed by atoms with Crippen molar-refractivity contribution in [3.8, 4) is 0 Å². The number of para-hydroxylation sites is 1. The van der Waals surface area contributed by atoms with E-state index in [1.165, 1.54) is 44.2 Å². The minimum atomic E-state index is 0.189. The molecule has 4 saturated carbocycles. The highest BCUT2D eigenvalue weighted by Crippen LogP contribution is 2.77. The van der Waals surface area contributed by atoms with E-state index in [-0.39, 0.29) is 11.1 Å². The molecule has 1 heterocycles. The number of nitrogens with zero attached hydrogens (tertiary/aromatic N) is 3. The van der Waals surface area contributed by atoms with Crippen LogP contribution >= 0.6 is 0 Å². The van der Waals surface area contributed by atoms with Crippen LogP contribution in [0.2, 0.25) is 0 Å². The van der Waals surface area contributed by atoms with Crippen molar-refractivity contribution < 1.29 is 0 Å². The van der Waals surface area contributed by atoms with E-state index in [1.54, 1.807) is 0 Å². The Morgan fingerprint density at radius 3 is 2.14 bits per heavy atom. The van der Waals surface area contributed by atoms with Crippen LogP contribution in [0.15, 0.2) is 40.7 Å². The summed E-state index contributed by atoms with van der Waals surface area (Å²) in [5.74, 6) is 3.28. The van der Waals surface area contributed by atoms with Gasteiger partial charge < -0.3 is 0 Å². The molecule has 3 heteroatoms. The van der Waals surface area contributed by atoms with Gasteiger partial charge in [-0.2, -0.15) is 5.11 Å². The van der Waals surface area contributed by atoms with Gasteiger partial charge in [0.25, 0.3) is 0 Å². The van der Waals surface area contributed by atoms with Crippen molar-refractivity contribution in [2.75, 3.05) is 5.01 Å². The predicted octanol–water partition coefficient (Wildman–Crippen LogP) is 4.21. The molecule has 0 aromatic heterocycles. The first-order valence-electron chi connectivity index (χ1n) is 8.65. The molecule has 6 rings (SSSR count). The Kier molecular flexibility index (Phi) is 1.78. The van der Waals surface area contributed by atoms with Crippen LogP contribution in [0.4, 0.5) is 5.69 Å². The second kappa shape index (κ2) is 3.34. The van der Waals surface area contributed by atoms with Gasteiger partial charge in [-0.25, -0.2) is 5.01 Å². The van der Waals surface area contributed by atoms with E-state index in [4.69, 9.17) is 10.3 Å². The van der Waals surface area contributed by atoms with Crippen LogP contribution in [-0.4, -0.2) is 11.1 Å². The van der Waals surface area contributed by atoms with Crippen molar-refractivity contribution in [3.63, 3.8) is 0 Å². The maximum Gasteiger partial charge on any atom is 0.115 e. The molecule has 0 spiro atoms. The van der Waals surface area contributed by atoms with E-state index in [0.717, 1.165) is 23.7 Å². The van der Waals surface area contributed by atoms with Crippen molar-refractivity contribution in [1.29, 1.82) is 0 Å². The summed E-state index contributed by atoms with van der Waals surface area (Å²) >= 11 is 0. The Labute approximate surface area is 125 Å². The minimum Gasteiger partial charge on any atom is -0.238 e. The molecular formula is C18H21N3. The summed E-state index contributed by atoms with van der Waals surface area (Å²) in [6, 6.07) is 10.8. The van der Waals surface area contributed by atoms with Crippen LogP contribution in [0.3, 0.4) is 0 Å². The average molecular weight is 279 g/mol. The molecule has 0 radical (unpaired) electrons. The van der Waals surface area contributed by atoms with Gasteiger partial charge >= 0.3 is 0 Å². The smallest absolute Gasteiger partial charge is 0.115 e. The second-order valence-corrected chi connectivity index (χ2v) is 7.90. The van der Waals surface area contributed by atoms with Crippen molar-refractivity contribution in [2.24, 2.45) is 34.0 Å². The lowest BCUT2D eigenvalue weighted by Gasteiger charge is -2.52. The fraction of sp³-hybridized carbons (Fsp3) is 0.667. The van der Waals surface area contributed by atoms with Gasteiger partial charge in [0, 0.05) is 0 Å². The van der Waals surface area contributed by atoms with E-state index in [2.05, 4.69) is 35.3 Å². The lowest BCUT2D eigenvalue weighted by Crippen LogP contribution is -2.65. The Bertz CT molecular complexity index is 615. The van der Waals surface area contributed by atoms with Gasteiger partial charge in [0.1, 0.15) is 5.54 Å². The first kappa shape index (κ1) is 11.2. The van der Waals surface area contributed by atoms with Crippen LogP contribution in [0.5, 0.6) is 0 Å². The molecule has 108 valence electrons. The van der Waals surface area contributed by atoms with Crippen LogP contribution < -0.4 is 5.01 Å². The third-order valence-electron chi connectivity index (χ3n) is 7.65. The van der Waals surface area contributed by atoms with Gasteiger partial charge in [0.2, 0.25) is 0 Å². The monoisotopic (exact) mass is 279 g/mol. The van der Waals surface area contributed by atoms with E-state index in [1.807, 2.05) is 0 Å². The number of fused-ring (bicyclic) bond motifs is 4. The SMILES string of the molecule is c1ccc(N2N=NC34[C@@H]5CC[C@H](C5)C23[C@H]2CC[C@@H]4C2)cc1. The zero-order valence-electron chi connectivity index (χ0n) is 12.3. The third-order valence-corrected chi connectivity index (χ3v) is 7.65. The van der Waals surface area contributed by atoms with E-state index >= 15 is 0 Å². The Balaban J connectivity index is 1.60. The molecule has 1 aliphatic heterocycles. The Hall–Kier alpha value is -1.38. The zero-order chi connectivity index (χ0) is 13.7. The number of hydrogen-bond acceptors (Lipinski definition) is 3. The highest BCUT2D eigenvalue weighted by Gasteiger charge is 2.82. The number of anilines is 1. The van der Waals surface area contributed by atoms with Crippen molar-refractivity contribution >= 4 is 5.69 Å². The van der Waals surface area contributed by atoms with E-state index < -0.39 is 0 Å². The molecule has 5 aliphatic rings. The minimum absolute atomic E-state index is 0.189. The van der Waals surface area contributed by atoms with Gasteiger partial charge in [-0.3, -0.25) is 0 Å². The fourth-order valence-corrected chi connectivity index (χ4v) is 7.32. The molecule has 0 N–H and O–H groups in total. The number of benzene rings is 1. The Morgan fingerprint density at radius 1 is 0.857 bits per heavy atom. The standard InChI is InChI=1S/C18H21N3/c1-2-4-16(5-3-1)21-18-14-8-6-12(10-14)17(18,19-20-21)13-7-9-15(18)11-13/h1-5,12-15H,6-11H2/t12-,13-,14-,15+,17?,18?/m1/s1. The number of hydrogen-bond donors (Lipinski definition) is 0. The second-order valence-electron chi connectivity index (χ2n) is 7.90. The fourth-order valence-electron chi connectivity index (χ4n) is 7.32.